The highest BCUT2D eigenvalue weighted by atomic mass is 16.4. The number of carboxylic acid groups (broad SMARTS) is 1. The Labute approximate surface area is 122 Å². The highest BCUT2D eigenvalue weighted by Gasteiger charge is 2.12. The maximum Gasteiger partial charge on any atom is 0.317 e. The van der Waals surface area contributed by atoms with Crippen molar-refractivity contribution < 1.29 is 9.90 Å². The molecule has 0 bridgehead atoms. The number of carbonyl (C=O) groups is 1. The van der Waals surface area contributed by atoms with Crippen molar-refractivity contribution in [3.63, 3.8) is 0 Å². The summed E-state index contributed by atoms with van der Waals surface area (Å²) in [6.45, 7) is 10.3. The van der Waals surface area contributed by atoms with Gasteiger partial charge in [0.1, 0.15) is 0 Å². The van der Waals surface area contributed by atoms with Gasteiger partial charge in [-0.1, -0.05) is 52.0 Å². The lowest BCUT2D eigenvalue weighted by Gasteiger charge is -2.22. The van der Waals surface area contributed by atoms with Crippen LogP contribution in [0.3, 0.4) is 0 Å². The van der Waals surface area contributed by atoms with E-state index in [0.29, 0.717) is 18.4 Å². The number of carboxylic acids is 1. The molecule has 0 aliphatic carbocycles. The van der Waals surface area contributed by atoms with Crippen molar-refractivity contribution >= 4 is 5.97 Å². The monoisotopic (exact) mass is 277 g/mol. The molecular formula is C17H27NO2. The van der Waals surface area contributed by atoms with Crippen LogP contribution in [0.4, 0.5) is 0 Å². The number of hydrogen-bond donors (Lipinski definition) is 1. The largest absolute Gasteiger partial charge is 0.480 e. The van der Waals surface area contributed by atoms with Gasteiger partial charge in [-0.15, -0.1) is 0 Å². The molecule has 1 rings (SSSR count). The van der Waals surface area contributed by atoms with Crippen molar-refractivity contribution in [2.75, 3.05) is 13.1 Å². The lowest BCUT2D eigenvalue weighted by Crippen LogP contribution is -2.32. The third-order valence-electron chi connectivity index (χ3n) is 3.06. The summed E-state index contributed by atoms with van der Waals surface area (Å²) in [4.78, 5) is 12.9. The Morgan fingerprint density at radius 3 is 2.05 bits per heavy atom. The van der Waals surface area contributed by atoms with Gasteiger partial charge in [0.25, 0.3) is 0 Å². The third kappa shape index (κ3) is 6.71. The Morgan fingerprint density at radius 2 is 1.60 bits per heavy atom. The molecule has 3 nitrogen and oxygen atoms in total. The van der Waals surface area contributed by atoms with Gasteiger partial charge in [0, 0.05) is 13.1 Å². The Kier molecular flexibility index (Phi) is 6.73. The second-order valence-electron chi connectivity index (χ2n) is 6.37. The first-order valence-corrected chi connectivity index (χ1v) is 7.38. The molecule has 0 saturated carbocycles. The summed E-state index contributed by atoms with van der Waals surface area (Å²) in [5.41, 5.74) is 2.52. The summed E-state index contributed by atoms with van der Waals surface area (Å²) < 4.78 is 0. The van der Waals surface area contributed by atoms with Crippen LogP contribution in [0.2, 0.25) is 0 Å². The van der Waals surface area contributed by atoms with Crippen LogP contribution < -0.4 is 0 Å². The van der Waals surface area contributed by atoms with Gasteiger partial charge >= 0.3 is 5.97 Å². The smallest absolute Gasteiger partial charge is 0.317 e. The van der Waals surface area contributed by atoms with E-state index in [0.717, 1.165) is 13.0 Å². The number of nitrogens with zero attached hydrogens (tertiary/aromatic N) is 1. The van der Waals surface area contributed by atoms with E-state index in [1.807, 2.05) is 4.90 Å². The molecule has 0 aliphatic heterocycles. The minimum atomic E-state index is -0.762. The molecule has 0 aliphatic rings. The average molecular weight is 277 g/mol. The predicted molar refractivity (Wildman–Crippen MR) is 82.7 cm³/mol. The van der Waals surface area contributed by atoms with E-state index in [4.69, 9.17) is 5.11 Å². The number of rotatable bonds is 8. The summed E-state index contributed by atoms with van der Waals surface area (Å²) in [5.74, 6) is 0.363. The van der Waals surface area contributed by atoms with Crippen molar-refractivity contribution in [2.45, 2.75) is 40.7 Å². The van der Waals surface area contributed by atoms with Crippen LogP contribution >= 0.6 is 0 Å². The average Bonchev–Trinajstić information content (AvgIpc) is 2.29. The molecule has 3 heteroatoms. The maximum atomic E-state index is 10.9. The number of aliphatic carboxylic acids is 1. The van der Waals surface area contributed by atoms with Gasteiger partial charge in [-0.05, 0) is 29.4 Å². The van der Waals surface area contributed by atoms with E-state index in [9.17, 15) is 4.79 Å². The van der Waals surface area contributed by atoms with E-state index in [1.165, 1.54) is 11.1 Å². The third-order valence-corrected chi connectivity index (χ3v) is 3.06. The van der Waals surface area contributed by atoms with Crippen LogP contribution in [-0.2, 0) is 17.8 Å². The molecule has 0 saturated heterocycles. The molecule has 0 unspecified atom stereocenters. The van der Waals surface area contributed by atoms with Crippen LogP contribution in [0.5, 0.6) is 0 Å². The number of hydrogen-bond acceptors (Lipinski definition) is 2. The zero-order chi connectivity index (χ0) is 15.1. The van der Waals surface area contributed by atoms with Gasteiger partial charge in [-0.2, -0.15) is 0 Å². The minimum absolute atomic E-state index is 0.103. The van der Waals surface area contributed by atoms with E-state index in [1.54, 1.807) is 0 Å². The Morgan fingerprint density at radius 1 is 1.05 bits per heavy atom. The van der Waals surface area contributed by atoms with Crippen LogP contribution in [0.25, 0.3) is 0 Å². The van der Waals surface area contributed by atoms with Gasteiger partial charge in [0.05, 0.1) is 6.54 Å². The first kappa shape index (κ1) is 16.7. The van der Waals surface area contributed by atoms with E-state index in [-0.39, 0.29) is 6.54 Å². The summed E-state index contributed by atoms with van der Waals surface area (Å²) in [6.07, 6.45) is 1.09. The summed E-state index contributed by atoms with van der Waals surface area (Å²) in [6, 6.07) is 8.55. The summed E-state index contributed by atoms with van der Waals surface area (Å²) >= 11 is 0. The molecule has 0 atom stereocenters. The lowest BCUT2D eigenvalue weighted by atomic mass is 10.0. The SMILES string of the molecule is CC(C)Cc1ccc(CN(CC(=O)O)CC(C)C)cc1. The van der Waals surface area contributed by atoms with Crippen molar-refractivity contribution in [2.24, 2.45) is 11.8 Å². The van der Waals surface area contributed by atoms with Gasteiger partial charge in [0.2, 0.25) is 0 Å². The minimum Gasteiger partial charge on any atom is -0.480 e. The highest BCUT2D eigenvalue weighted by Crippen LogP contribution is 2.12. The molecule has 0 radical (unpaired) electrons. The predicted octanol–water partition coefficient (Wildman–Crippen LogP) is 3.43. The van der Waals surface area contributed by atoms with Gasteiger partial charge in [-0.3, -0.25) is 9.69 Å². The van der Waals surface area contributed by atoms with Crippen molar-refractivity contribution in [1.29, 1.82) is 0 Å². The van der Waals surface area contributed by atoms with Gasteiger partial charge < -0.3 is 5.11 Å². The zero-order valence-corrected chi connectivity index (χ0v) is 13.1. The molecule has 0 aromatic heterocycles. The van der Waals surface area contributed by atoms with Crippen LogP contribution in [-0.4, -0.2) is 29.1 Å². The second-order valence-corrected chi connectivity index (χ2v) is 6.37. The number of benzene rings is 1. The van der Waals surface area contributed by atoms with Crippen LogP contribution in [0.15, 0.2) is 24.3 Å². The molecule has 112 valence electrons. The molecule has 0 fully saturated rings. The van der Waals surface area contributed by atoms with Crippen molar-refractivity contribution in [1.82, 2.24) is 4.90 Å². The Hall–Kier alpha value is -1.35. The summed E-state index contributed by atoms with van der Waals surface area (Å²) in [5, 5.41) is 8.98. The Bertz CT molecular complexity index is 410. The maximum absolute atomic E-state index is 10.9. The fourth-order valence-corrected chi connectivity index (χ4v) is 2.40. The van der Waals surface area contributed by atoms with E-state index < -0.39 is 5.97 Å². The molecule has 1 N–H and O–H groups in total. The zero-order valence-electron chi connectivity index (χ0n) is 13.1. The highest BCUT2D eigenvalue weighted by molar-refractivity contribution is 5.69. The molecule has 0 amide bonds. The van der Waals surface area contributed by atoms with Gasteiger partial charge in [-0.25, -0.2) is 0 Å². The van der Waals surface area contributed by atoms with Crippen LogP contribution in [0.1, 0.15) is 38.8 Å². The van der Waals surface area contributed by atoms with E-state index in [2.05, 4.69) is 52.0 Å². The van der Waals surface area contributed by atoms with Gasteiger partial charge in [0.15, 0.2) is 0 Å². The molecule has 20 heavy (non-hydrogen) atoms. The molecule has 0 spiro atoms. The first-order chi connectivity index (χ1) is 9.36. The second kappa shape index (κ2) is 8.05. The quantitative estimate of drug-likeness (QED) is 0.791. The Balaban J connectivity index is 2.65. The fourth-order valence-electron chi connectivity index (χ4n) is 2.40. The fraction of sp³-hybridized carbons (Fsp3) is 0.588. The molecular weight excluding hydrogens is 250 g/mol. The molecule has 0 heterocycles. The lowest BCUT2D eigenvalue weighted by molar-refractivity contribution is -0.138. The first-order valence-electron chi connectivity index (χ1n) is 7.38. The molecule has 1 aromatic rings. The standard InChI is InChI=1S/C17H27NO2/c1-13(2)9-15-5-7-16(8-6-15)11-18(10-14(3)4)12-17(19)20/h5-8,13-14H,9-12H2,1-4H3,(H,19,20). The molecule has 1 aromatic carbocycles. The van der Waals surface area contributed by atoms with Crippen LogP contribution in [0, 0.1) is 11.8 Å². The van der Waals surface area contributed by atoms with Crippen molar-refractivity contribution in [3.05, 3.63) is 35.4 Å². The van der Waals surface area contributed by atoms with E-state index >= 15 is 0 Å². The van der Waals surface area contributed by atoms with Crippen molar-refractivity contribution in [3.8, 4) is 0 Å². The topological polar surface area (TPSA) is 40.5 Å². The summed E-state index contributed by atoms with van der Waals surface area (Å²) in [7, 11) is 0. The normalized spacial score (nSPS) is 11.6.